The highest BCUT2D eigenvalue weighted by molar-refractivity contribution is 7.90. The predicted octanol–water partition coefficient (Wildman–Crippen LogP) is 1.75. The van der Waals surface area contributed by atoms with Crippen LogP contribution in [0, 0.1) is 5.92 Å². The van der Waals surface area contributed by atoms with Crippen LogP contribution in [0.15, 0.2) is 12.7 Å². The molecule has 1 N–H and O–H groups in total. The third-order valence-corrected chi connectivity index (χ3v) is 4.03. The summed E-state index contributed by atoms with van der Waals surface area (Å²) < 4.78 is 22.3. The van der Waals surface area contributed by atoms with E-state index in [4.69, 9.17) is 0 Å². The first-order valence-electron chi connectivity index (χ1n) is 5.97. The molecule has 0 spiro atoms. The molecule has 3 nitrogen and oxygen atoms in total. The molecule has 16 heavy (non-hydrogen) atoms. The van der Waals surface area contributed by atoms with Crippen LogP contribution in [0.3, 0.4) is 0 Å². The minimum absolute atomic E-state index is 0.0467. The fourth-order valence-electron chi connectivity index (χ4n) is 2.12. The first-order chi connectivity index (χ1) is 7.42. The Morgan fingerprint density at radius 2 is 2.12 bits per heavy atom. The fraction of sp³-hybridized carbons (Fsp3) is 0.833. The summed E-state index contributed by atoms with van der Waals surface area (Å²) in [6, 6.07) is 0.514. The number of hydrogen-bond donors (Lipinski definition) is 1. The van der Waals surface area contributed by atoms with Gasteiger partial charge in [-0.25, -0.2) is 8.42 Å². The van der Waals surface area contributed by atoms with E-state index in [2.05, 4.69) is 11.9 Å². The zero-order valence-electron chi connectivity index (χ0n) is 10.3. The smallest absolute Gasteiger partial charge is 0.148 e. The number of allylic oxidation sites excluding steroid dienone is 1. The number of rotatable bonds is 8. The van der Waals surface area contributed by atoms with Crippen molar-refractivity contribution in [2.24, 2.45) is 5.92 Å². The quantitative estimate of drug-likeness (QED) is 0.663. The molecule has 94 valence electrons. The zero-order chi connectivity index (χ0) is 12.2. The van der Waals surface area contributed by atoms with Gasteiger partial charge >= 0.3 is 0 Å². The molecule has 1 aliphatic carbocycles. The minimum atomic E-state index is -2.88. The van der Waals surface area contributed by atoms with Crippen molar-refractivity contribution >= 4 is 9.84 Å². The summed E-state index contributed by atoms with van der Waals surface area (Å²) in [5.74, 6) is 0.978. The lowest BCUT2D eigenvalue weighted by molar-refractivity contribution is 0.403. The molecular weight excluding hydrogens is 222 g/mol. The van der Waals surface area contributed by atoms with Gasteiger partial charge in [-0.1, -0.05) is 6.08 Å². The van der Waals surface area contributed by atoms with Gasteiger partial charge in [-0.3, -0.25) is 0 Å². The van der Waals surface area contributed by atoms with Gasteiger partial charge in [-0.2, -0.15) is 0 Å². The Labute approximate surface area is 99.2 Å². The van der Waals surface area contributed by atoms with Gasteiger partial charge in [-0.15, -0.1) is 6.58 Å². The predicted molar refractivity (Wildman–Crippen MR) is 68.3 cm³/mol. The first kappa shape index (κ1) is 13.7. The molecule has 0 aromatic rings. The summed E-state index contributed by atoms with van der Waals surface area (Å²) in [6.07, 6.45) is 7.85. The summed E-state index contributed by atoms with van der Waals surface area (Å²) in [7, 11) is -2.88. The average molecular weight is 245 g/mol. The number of hydrogen-bond acceptors (Lipinski definition) is 3. The van der Waals surface area contributed by atoms with E-state index in [1.54, 1.807) is 0 Å². The van der Waals surface area contributed by atoms with Crippen LogP contribution < -0.4 is 5.32 Å². The maximum absolute atomic E-state index is 11.2. The van der Waals surface area contributed by atoms with Crippen molar-refractivity contribution in [2.75, 3.05) is 12.0 Å². The lowest BCUT2D eigenvalue weighted by Gasteiger charge is -2.22. The van der Waals surface area contributed by atoms with Gasteiger partial charge in [0.2, 0.25) is 0 Å². The van der Waals surface area contributed by atoms with Gasteiger partial charge in [-0.05, 0) is 38.5 Å². The van der Waals surface area contributed by atoms with Crippen molar-refractivity contribution < 1.29 is 8.42 Å². The monoisotopic (exact) mass is 245 g/mol. The van der Waals surface area contributed by atoms with Crippen LogP contribution in [0.1, 0.15) is 32.6 Å². The first-order valence-corrected chi connectivity index (χ1v) is 8.03. The molecule has 0 amide bonds. The molecule has 2 atom stereocenters. The van der Waals surface area contributed by atoms with Crippen LogP contribution in [0.4, 0.5) is 0 Å². The molecule has 0 radical (unpaired) electrons. The molecule has 0 saturated heterocycles. The Morgan fingerprint density at radius 3 is 2.56 bits per heavy atom. The lowest BCUT2D eigenvalue weighted by atomic mass is 10.1. The Balaban J connectivity index is 2.38. The molecule has 1 rings (SSSR count). The van der Waals surface area contributed by atoms with Gasteiger partial charge in [0, 0.05) is 18.3 Å². The van der Waals surface area contributed by atoms with E-state index in [0.717, 1.165) is 18.8 Å². The van der Waals surface area contributed by atoms with Crippen molar-refractivity contribution in [1.29, 1.82) is 0 Å². The summed E-state index contributed by atoms with van der Waals surface area (Å²) in [6.45, 7) is 5.68. The lowest BCUT2D eigenvalue weighted by Crippen LogP contribution is -2.41. The van der Waals surface area contributed by atoms with E-state index in [0.29, 0.717) is 6.04 Å². The highest BCUT2D eigenvalue weighted by Gasteiger charge is 2.31. The molecular formula is C12H23NO2S. The summed E-state index contributed by atoms with van der Waals surface area (Å²) in [5.41, 5.74) is 0. The van der Waals surface area contributed by atoms with Gasteiger partial charge in [0.25, 0.3) is 0 Å². The minimum Gasteiger partial charge on any atom is -0.310 e. The van der Waals surface area contributed by atoms with Crippen LogP contribution in [0.5, 0.6) is 0 Å². The van der Waals surface area contributed by atoms with Crippen LogP contribution in [-0.2, 0) is 9.84 Å². The molecule has 4 heteroatoms. The van der Waals surface area contributed by atoms with Crippen LogP contribution in [0.2, 0.25) is 0 Å². The second-order valence-corrected chi connectivity index (χ2v) is 7.15. The molecule has 0 aliphatic heterocycles. The zero-order valence-corrected chi connectivity index (χ0v) is 11.1. The van der Waals surface area contributed by atoms with E-state index in [1.807, 2.05) is 13.0 Å². The normalized spacial score (nSPS) is 20.4. The van der Waals surface area contributed by atoms with Crippen LogP contribution in [-0.4, -0.2) is 32.5 Å². The van der Waals surface area contributed by atoms with Crippen molar-refractivity contribution in [3.63, 3.8) is 0 Å². The standard InChI is InChI=1S/C12H23NO2S/c1-4-5-6-12(11-7-8-11)13-10(2)9-16(3,14)15/h4,10-13H,1,5-9H2,2-3H3. The Bertz CT molecular complexity index is 320. The van der Waals surface area contributed by atoms with Crippen LogP contribution >= 0.6 is 0 Å². The van der Waals surface area contributed by atoms with E-state index < -0.39 is 9.84 Å². The average Bonchev–Trinajstić information content (AvgIpc) is 2.91. The second kappa shape index (κ2) is 5.82. The highest BCUT2D eigenvalue weighted by Crippen LogP contribution is 2.34. The largest absolute Gasteiger partial charge is 0.310 e. The van der Waals surface area contributed by atoms with E-state index in [1.165, 1.54) is 19.1 Å². The maximum Gasteiger partial charge on any atom is 0.148 e. The molecule has 0 bridgehead atoms. The van der Waals surface area contributed by atoms with Gasteiger partial charge in [0.05, 0.1) is 5.75 Å². The van der Waals surface area contributed by atoms with Crippen LogP contribution in [0.25, 0.3) is 0 Å². The van der Waals surface area contributed by atoms with E-state index >= 15 is 0 Å². The van der Waals surface area contributed by atoms with Gasteiger partial charge < -0.3 is 5.32 Å². The van der Waals surface area contributed by atoms with Crippen molar-refractivity contribution in [1.82, 2.24) is 5.32 Å². The van der Waals surface area contributed by atoms with Gasteiger partial charge in [0.1, 0.15) is 9.84 Å². The molecule has 0 aromatic heterocycles. The fourth-order valence-corrected chi connectivity index (χ4v) is 3.12. The SMILES string of the molecule is C=CCCC(NC(C)CS(C)(=O)=O)C1CC1. The van der Waals surface area contributed by atoms with Gasteiger partial charge in [0.15, 0.2) is 0 Å². The molecule has 0 heterocycles. The molecule has 2 unspecified atom stereocenters. The Hall–Kier alpha value is -0.350. The van der Waals surface area contributed by atoms with Crippen molar-refractivity contribution in [3.05, 3.63) is 12.7 Å². The molecule has 1 saturated carbocycles. The third kappa shape index (κ3) is 5.66. The van der Waals surface area contributed by atoms with E-state index in [9.17, 15) is 8.42 Å². The summed E-state index contributed by atoms with van der Waals surface area (Å²) in [5, 5.41) is 3.44. The summed E-state index contributed by atoms with van der Waals surface area (Å²) in [4.78, 5) is 0. The number of nitrogens with one attached hydrogen (secondary N) is 1. The molecule has 1 aliphatic rings. The molecule has 1 fully saturated rings. The third-order valence-electron chi connectivity index (χ3n) is 2.92. The van der Waals surface area contributed by atoms with Crippen molar-refractivity contribution in [3.8, 4) is 0 Å². The molecule has 0 aromatic carbocycles. The second-order valence-electron chi connectivity index (χ2n) is 4.97. The van der Waals surface area contributed by atoms with E-state index in [-0.39, 0.29) is 11.8 Å². The summed E-state index contributed by atoms with van der Waals surface area (Å²) >= 11 is 0. The Morgan fingerprint density at radius 1 is 1.50 bits per heavy atom. The topological polar surface area (TPSA) is 46.2 Å². The van der Waals surface area contributed by atoms with Crippen molar-refractivity contribution in [2.45, 2.75) is 44.7 Å². The number of sulfone groups is 1. The maximum atomic E-state index is 11.2. The highest BCUT2D eigenvalue weighted by atomic mass is 32.2. The Kier molecular flexibility index (Phi) is 4.99.